The number of hydrogen-bond acceptors (Lipinski definition) is 5. The van der Waals surface area contributed by atoms with E-state index in [1.54, 1.807) is 10.3 Å². The quantitative estimate of drug-likeness (QED) is 0.620. The van der Waals surface area contributed by atoms with E-state index in [1.165, 1.54) is 11.3 Å². The Hall–Kier alpha value is -3.19. The van der Waals surface area contributed by atoms with E-state index in [9.17, 15) is 9.59 Å². The number of fused-ring (bicyclic) bond motifs is 1. The second-order valence-electron chi connectivity index (χ2n) is 7.78. The first-order chi connectivity index (χ1) is 15.2. The Bertz CT molecular complexity index is 1090. The summed E-state index contributed by atoms with van der Waals surface area (Å²) in [5, 5.41) is 2.58. The van der Waals surface area contributed by atoms with Crippen LogP contribution in [0.15, 0.2) is 60.0 Å². The molecule has 2 aromatic carbocycles. The summed E-state index contributed by atoms with van der Waals surface area (Å²) in [6, 6.07) is 17.2. The number of carbonyl (C=O) groups is 2. The molecule has 3 aromatic rings. The Kier molecular flexibility index (Phi) is 5.42. The molecule has 0 N–H and O–H groups in total. The predicted molar refractivity (Wildman–Crippen MR) is 121 cm³/mol. The fourth-order valence-corrected chi connectivity index (χ4v) is 4.90. The number of thiazole rings is 1. The van der Waals surface area contributed by atoms with Crippen LogP contribution in [-0.4, -0.2) is 47.4 Å². The molecule has 0 aliphatic carbocycles. The van der Waals surface area contributed by atoms with Crippen molar-refractivity contribution < 1.29 is 14.3 Å². The largest absolute Gasteiger partial charge is 0.476 e. The molecule has 1 fully saturated rings. The van der Waals surface area contributed by atoms with Crippen LogP contribution in [0.4, 0.5) is 5.69 Å². The van der Waals surface area contributed by atoms with Gasteiger partial charge in [-0.15, -0.1) is 11.3 Å². The van der Waals surface area contributed by atoms with Gasteiger partial charge >= 0.3 is 0 Å². The van der Waals surface area contributed by atoms with E-state index in [4.69, 9.17) is 4.74 Å². The Morgan fingerprint density at radius 3 is 2.52 bits per heavy atom. The molecule has 158 valence electrons. The highest BCUT2D eigenvalue weighted by Gasteiger charge is 2.37. The fraction of sp³-hybridized carbons (Fsp3) is 0.292. The van der Waals surface area contributed by atoms with Crippen LogP contribution in [-0.2, 0) is 4.79 Å². The average Bonchev–Trinajstić information content (AvgIpc) is 3.34. The SMILES string of the molecule is O=C([C@@H]1CN(C(=O)c2csc(-c3ccccc3)n2)c2ccccc2O1)N1CCCCC1. The van der Waals surface area contributed by atoms with E-state index in [0.717, 1.165) is 42.9 Å². The van der Waals surface area contributed by atoms with Crippen molar-refractivity contribution in [3.63, 3.8) is 0 Å². The number of likely N-dealkylation sites (tertiary alicyclic amines) is 1. The maximum Gasteiger partial charge on any atom is 0.278 e. The van der Waals surface area contributed by atoms with Gasteiger partial charge in [-0.05, 0) is 31.4 Å². The molecule has 6 nitrogen and oxygen atoms in total. The number of nitrogens with zero attached hydrogens (tertiary/aromatic N) is 3. The lowest BCUT2D eigenvalue weighted by Gasteiger charge is -2.37. The van der Waals surface area contributed by atoms with Crippen LogP contribution in [0.5, 0.6) is 5.75 Å². The lowest BCUT2D eigenvalue weighted by atomic mass is 10.1. The summed E-state index contributed by atoms with van der Waals surface area (Å²) < 4.78 is 6.03. The van der Waals surface area contributed by atoms with E-state index < -0.39 is 6.10 Å². The summed E-state index contributed by atoms with van der Waals surface area (Å²) in [5.41, 5.74) is 2.03. The van der Waals surface area contributed by atoms with Gasteiger partial charge in [0, 0.05) is 24.0 Å². The molecule has 0 unspecified atom stereocenters. The number of hydrogen-bond donors (Lipinski definition) is 0. The van der Waals surface area contributed by atoms with Crippen molar-refractivity contribution >= 4 is 28.8 Å². The van der Waals surface area contributed by atoms with Crippen LogP contribution in [0.3, 0.4) is 0 Å². The molecule has 2 amide bonds. The zero-order chi connectivity index (χ0) is 21.2. The molecule has 7 heteroatoms. The zero-order valence-electron chi connectivity index (χ0n) is 17.1. The first kappa shape index (κ1) is 19.8. The third-order valence-corrected chi connectivity index (χ3v) is 6.60. The van der Waals surface area contributed by atoms with Gasteiger partial charge < -0.3 is 9.64 Å². The van der Waals surface area contributed by atoms with E-state index in [2.05, 4.69) is 4.98 Å². The number of anilines is 1. The maximum absolute atomic E-state index is 13.4. The molecular weight excluding hydrogens is 410 g/mol. The summed E-state index contributed by atoms with van der Waals surface area (Å²) in [4.78, 5) is 34.6. The normalized spacial score (nSPS) is 18.3. The molecule has 0 radical (unpaired) electrons. The first-order valence-corrected chi connectivity index (χ1v) is 11.5. The van der Waals surface area contributed by atoms with Gasteiger partial charge in [-0.2, -0.15) is 0 Å². The van der Waals surface area contributed by atoms with Crippen molar-refractivity contribution in [3.8, 4) is 16.3 Å². The lowest BCUT2D eigenvalue weighted by Crippen LogP contribution is -2.52. The van der Waals surface area contributed by atoms with E-state index in [1.807, 2.05) is 59.5 Å². The van der Waals surface area contributed by atoms with Crippen LogP contribution in [0.2, 0.25) is 0 Å². The van der Waals surface area contributed by atoms with E-state index in [0.29, 0.717) is 17.1 Å². The Balaban J connectivity index is 1.42. The lowest BCUT2D eigenvalue weighted by molar-refractivity contribution is -0.139. The van der Waals surface area contributed by atoms with Gasteiger partial charge in [-0.3, -0.25) is 14.5 Å². The monoisotopic (exact) mass is 433 g/mol. The molecule has 2 aliphatic rings. The number of rotatable bonds is 3. The number of piperidine rings is 1. The predicted octanol–water partition coefficient (Wildman–Crippen LogP) is 4.23. The summed E-state index contributed by atoms with van der Waals surface area (Å²) in [7, 11) is 0. The third-order valence-electron chi connectivity index (χ3n) is 5.71. The standard InChI is InChI=1S/C24H23N3O3S/c28-23(18-16-31-22(25-18)17-9-3-1-4-10-17)27-15-21(24(29)26-13-7-2-8-14-26)30-20-12-6-5-11-19(20)27/h1,3-6,9-12,16,21H,2,7-8,13-15H2/t21-/m0/s1. The van der Waals surface area contributed by atoms with Gasteiger partial charge in [0.15, 0.2) is 6.10 Å². The summed E-state index contributed by atoms with van der Waals surface area (Å²) >= 11 is 1.44. The Morgan fingerprint density at radius 1 is 0.968 bits per heavy atom. The van der Waals surface area contributed by atoms with Crippen LogP contribution in [0, 0.1) is 0 Å². The maximum atomic E-state index is 13.4. The number of para-hydroxylation sites is 2. The van der Waals surface area contributed by atoms with Crippen LogP contribution in [0.25, 0.3) is 10.6 Å². The van der Waals surface area contributed by atoms with Gasteiger partial charge in [0.1, 0.15) is 16.5 Å². The minimum Gasteiger partial charge on any atom is -0.476 e. The number of carbonyl (C=O) groups excluding carboxylic acids is 2. The average molecular weight is 434 g/mol. The minimum atomic E-state index is -0.704. The first-order valence-electron chi connectivity index (χ1n) is 10.6. The summed E-state index contributed by atoms with van der Waals surface area (Å²) in [6.45, 7) is 1.69. The van der Waals surface area contributed by atoms with Gasteiger partial charge in [-0.1, -0.05) is 42.5 Å². The van der Waals surface area contributed by atoms with Gasteiger partial charge in [0.25, 0.3) is 11.8 Å². The van der Waals surface area contributed by atoms with Crippen molar-refractivity contribution in [2.45, 2.75) is 25.4 Å². The molecule has 2 aliphatic heterocycles. The van der Waals surface area contributed by atoms with E-state index >= 15 is 0 Å². The highest BCUT2D eigenvalue weighted by Crippen LogP contribution is 2.35. The Labute approximate surface area is 185 Å². The highest BCUT2D eigenvalue weighted by atomic mass is 32.1. The summed E-state index contributed by atoms with van der Waals surface area (Å²) in [5.74, 6) is 0.289. The second kappa shape index (κ2) is 8.51. The van der Waals surface area contributed by atoms with E-state index in [-0.39, 0.29) is 18.4 Å². The van der Waals surface area contributed by atoms with Crippen molar-refractivity contribution in [3.05, 3.63) is 65.7 Å². The van der Waals surface area contributed by atoms with Crippen LogP contribution < -0.4 is 9.64 Å². The third kappa shape index (κ3) is 3.93. The molecule has 1 aromatic heterocycles. The number of ether oxygens (including phenoxy) is 1. The number of amides is 2. The molecule has 0 saturated carbocycles. The fourth-order valence-electron chi connectivity index (χ4n) is 4.10. The van der Waals surface area contributed by atoms with Gasteiger partial charge in [0.05, 0.1) is 12.2 Å². The molecule has 0 bridgehead atoms. The summed E-state index contributed by atoms with van der Waals surface area (Å²) in [6.07, 6.45) is 2.47. The smallest absolute Gasteiger partial charge is 0.278 e. The number of aromatic nitrogens is 1. The number of benzene rings is 2. The molecule has 1 saturated heterocycles. The van der Waals surface area contributed by atoms with Gasteiger partial charge in [0.2, 0.25) is 0 Å². The highest BCUT2D eigenvalue weighted by molar-refractivity contribution is 7.13. The molecule has 31 heavy (non-hydrogen) atoms. The van der Waals surface area contributed by atoms with Crippen LogP contribution >= 0.6 is 11.3 Å². The molecule has 3 heterocycles. The molecular formula is C24H23N3O3S. The molecule has 0 spiro atoms. The van der Waals surface area contributed by atoms with Crippen molar-refractivity contribution in [1.29, 1.82) is 0 Å². The zero-order valence-corrected chi connectivity index (χ0v) is 17.9. The second-order valence-corrected chi connectivity index (χ2v) is 8.64. The molecule has 1 atom stereocenters. The van der Waals surface area contributed by atoms with Crippen molar-refractivity contribution in [1.82, 2.24) is 9.88 Å². The minimum absolute atomic E-state index is 0.0461. The van der Waals surface area contributed by atoms with Crippen molar-refractivity contribution in [2.24, 2.45) is 0 Å². The van der Waals surface area contributed by atoms with Gasteiger partial charge in [-0.25, -0.2) is 4.98 Å². The Morgan fingerprint density at radius 2 is 1.71 bits per heavy atom. The van der Waals surface area contributed by atoms with Crippen LogP contribution in [0.1, 0.15) is 29.8 Å². The van der Waals surface area contributed by atoms with Crippen molar-refractivity contribution in [2.75, 3.05) is 24.5 Å². The topological polar surface area (TPSA) is 62.7 Å². The molecule has 5 rings (SSSR count).